The smallest absolute Gasteiger partial charge is 0.437 e. The zero-order valence-corrected chi connectivity index (χ0v) is 19.5. The first-order chi connectivity index (χ1) is 15.4. The molecule has 6 nitrogen and oxygen atoms in total. The molecule has 0 unspecified atom stereocenters. The fourth-order valence-electron chi connectivity index (χ4n) is 2.92. The normalized spacial score (nSPS) is 11.6. The molecule has 0 aliphatic carbocycles. The second-order valence-corrected chi connectivity index (χ2v) is 8.83. The van der Waals surface area contributed by atoms with E-state index in [0.717, 1.165) is 11.6 Å². The molecule has 3 aromatic rings. The van der Waals surface area contributed by atoms with Crippen LogP contribution in [0.2, 0.25) is 0 Å². The average molecular weight is 524 g/mol. The highest BCUT2D eigenvalue weighted by Crippen LogP contribution is 2.36. The van der Waals surface area contributed by atoms with Crippen LogP contribution in [0.1, 0.15) is 26.3 Å². The van der Waals surface area contributed by atoms with Gasteiger partial charge in [0.25, 0.3) is 0 Å². The minimum Gasteiger partial charge on any atom is -0.437 e. The molecule has 1 heterocycles. The number of nitrogens with one attached hydrogen (secondary N) is 2. The molecule has 3 rings (SSSR count). The van der Waals surface area contributed by atoms with Crippen LogP contribution in [0.5, 0.6) is 17.4 Å². The zero-order valence-electron chi connectivity index (χ0n) is 18.0. The molecule has 0 aliphatic rings. The molecule has 0 radical (unpaired) electrons. The van der Waals surface area contributed by atoms with Gasteiger partial charge in [0.05, 0.1) is 4.47 Å². The Bertz CT molecular complexity index is 1150. The van der Waals surface area contributed by atoms with Crippen LogP contribution in [-0.4, -0.2) is 17.4 Å². The first-order valence-corrected chi connectivity index (χ1v) is 10.6. The SMILES string of the molecule is CC(C)(C)c1ccccc1Oc1ncccc1NC(=O)Nc1ccc(OC(F)(F)F)c(Br)c1. The van der Waals surface area contributed by atoms with Gasteiger partial charge in [-0.1, -0.05) is 39.0 Å². The Balaban J connectivity index is 1.74. The summed E-state index contributed by atoms with van der Waals surface area (Å²) in [5.74, 6) is 0.379. The first-order valence-electron chi connectivity index (χ1n) is 9.78. The highest BCUT2D eigenvalue weighted by Gasteiger charge is 2.32. The summed E-state index contributed by atoms with van der Waals surface area (Å²) in [6.07, 6.45) is -3.29. The van der Waals surface area contributed by atoms with Crippen LogP contribution in [0.25, 0.3) is 0 Å². The van der Waals surface area contributed by atoms with Crippen LogP contribution in [0.15, 0.2) is 65.3 Å². The highest BCUT2D eigenvalue weighted by atomic mass is 79.9. The number of pyridine rings is 1. The number of benzene rings is 2. The minimum absolute atomic E-state index is 0.0295. The molecule has 10 heteroatoms. The highest BCUT2D eigenvalue weighted by molar-refractivity contribution is 9.10. The van der Waals surface area contributed by atoms with E-state index in [2.05, 4.69) is 57.1 Å². The zero-order chi connectivity index (χ0) is 24.2. The molecule has 0 saturated heterocycles. The summed E-state index contributed by atoms with van der Waals surface area (Å²) in [5, 5.41) is 5.19. The summed E-state index contributed by atoms with van der Waals surface area (Å²) in [6.45, 7) is 6.18. The lowest BCUT2D eigenvalue weighted by Crippen LogP contribution is -2.20. The summed E-state index contributed by atoms with van der Waals surface area (Å²) in [6, 6.07) is 13.8. The number of anilines is 2. The number of ether oxygens (including phenoxy) is 2. The lowest BCUT2D eigenvalue weighted by atomic mass is 9.86. The Morgan fingerprint density at radius 2 is 1.70 bits per heavy atom. The number of rotatable bonds is 5. The van der Waals surface area contributed by atoms with E-state index < -0.39 is 18.1 Å². The largest absolute Gasteiger partial charge is 0.573 e. The molecule has 0 saturated carbocycles. The van der Waals surface area contributed by atoms with Crippen LogP contribution in [0, 0.1) is 0 Å². The summed E-state index contributed by atoms with van der Waals surface area (Å²) in [7, 11) is 0. The Morgan fingerprint density at radius 1 is 0.970 bits per heavy atom. The predicted molar refractivity (Wildman–Crippen MR) is 123 cm³/mol. The van der Waals surface area contributed by atoms with Crippen LogP contribution in [0.3, 0.4) is 0 Å². The molecular formula is C23H21BrF3N3O3. The first kappa shape index (κ1) is 24.4. The van der Waals surface area contributed by atoms with Crippen LogP contribution >= 0.6 is 15.9 Å². The van der Waals surface area contributed by atoms with Crippen molar-refractivity contribution in [3.05, 3.63) is 70.8 Å². The summed E-state index contributed by atoms with van der Waals surface area (Å²) >= 11 is 3.00. The van der Waals surface area contributed by atoms with Gasteiger partial charge in [0.1, 0.15) is 17.2 Å². The van der Waals surface area contributed by atoms with Crippen molar-refractivity contribution in [2.75, 3.05) is 10.6 Å². The van der Waals surface area contributed by atoms with Gasteiger partial charge in [-0.3, -0.25) is 0 Å². The van der Waals surface area contributed by atoms with Gasteiger partial charge in [-0.15, -0.1) is 13.2 Å². The maximum absolute atomic E-state index is 12.5. The van der Waals surface area contributed by atoms with E-state index in [-0.39, 0.29) is 21.5 Å². The topological polar surface area (TPSA) is 72.5 Å². The Kier molecular flexibility index (Phi) is 7.16. The molecule has 2 N–H and O–H groups in total. The van der Waals surface area contributed by atoms with Gasteiger partial charge in [-0.05, 0) is 57.7 Å². The molecular weight excluding hydrogens is 503 g/mol. The van der Waals surface area contributed by atoms with E-state index in [1.165, 1.54) is 18.3 Å². The lowest BCUT2D eigenvalue weighted by Gasteiger charge is -2.22. The van der Waals surface area contributed by atoms with Crippen LogP contribution in [-0.2, 0) is 5.41 Å². The molecule has 0 aliphatic heterocycles. The van der Waals surface area contributed by atoms with Gasteiger partial charge in [-0.2, -0.15) is 0 Å². The number of alkyl halides is 3. The second kappa shape index (κ2) is 9.70. The Hall–Kier alpha value is -3.27. The fourth-order valence-corrected chi connectivity index (χ4v) is 3.38. The number of aromatic nitrogens is 1. The van der Waals surface area contributed by atoms with Crippen molar-refractivity contribution in [3.8, 4) is 17.4 Å². The van der Waals surface area contributed by atoms with Crippen LogP contribution in [0.4, 0.5) is 29.3 Å². The van der Waals surface area contributed by atoms with Gasteiger partial charge in [0, 0.05) is 17.4 Å². The average Bonchev–Trinajstić information content (AvgIpc) is 2.70. The number of urea groups is 1. The minimum atomic E-state index is -4.82. The van der Waals surface area contributed by atoms with Crippen molar-refractivity contribution in [1.82, 2.24) is 4.98 Å². The number of hydrogen-bond donors (Lipinski definition) is 2. The van der Waals surface area contributed by atoms with E-state index in [1.807, 2.05) is 24.3 Å². The van der Waals surface area contributed by atoms with Gasteiger partial charge >= 0.3 is 12.4 Å². The maximum atomic E-state index is 12.5. The van der Waals surface area contributed by atoms with E-state index in [0.29, 0.717) is 11.4 Å². The summed E-state index contributed by atoms with van der Waals surface area (Å²) in [5.41, 5.74) is 1.36. The molecule has 2 aromatic carbocycles. The van der Waals surface area contributed by atoms with Crippen molar-refractivity contribution in [2.45, 2.75) is 32.5 Å². The number of carbonyl (C=O) groups excluding carboxylic acids is 1. The molecule has 1 aromatic heterocycles. The number of halogens is 4. The molecule has 0 bridgehead atoms. The van der Waals surface area contributed by atoms with Gasteiger partial charge in [-0.25, -0.2) is 9.78 Å². The molecule has 2 amide bonds. The Morgan fingerprint density at radius 3 is 2.36 bits per heavy atom. The number of carbonyl (C=O) groups is 1. The number of hydrogen-bond acceptors (Lipinski definition) is 4. The molecule has 0 atom stereocenters. The van der Waals surface area contributed by atoms with Gasteiger partial charge in [0.2, 0.25) is 5.88 Å². The Labute approximate surface area is 197 Å². The fraction of sp³-hybridized carbons (Fsp3) is 0.217. The van der Waals surface area contributed by atoms with Crippen molar-refractivity contribution in [1.29, 1.82) is 0 Å². The van der Waals surface area contributed by atoms with E-state index in [9.17, 15) is 18.0 Å². The molecule has 33 heavy (non-hydrogen) atoms. The third-order valence-corrected chi connectivity index (χ3v) is 4.96. The van der Waals surface area contributed by atoms with Crippen LogP contribution < -0.4 is 20.1 Å². The lowest BCUT2D eigenvalue weighted by molar-refractivity contribution is -0.274. The molecule has 0 spiro atoms. The number of amides is 2. The molecule has 174 valence electrons. The summed E-state index contributed by atoms with van der Waals surface area (Å²) < 4.78 is 47.2. The van der Waals surface area contributed by atoms with Gasteiger partial charge < -0.3 is 20.1 Å². The predicted octanol–water partition coefficient (Wildman–Crippen LogP) is 7.48. The van der Waals surface area contributed by atoms with Crippen molar-refractivity contribution >= 4 is 33.3 Å². The van der Waals surface area contributed by atoms with E-state index in [4.69, 9.17) is 4.74 Å². The number of nitrogens with zero attached hydrogens (tertiary/aromatic N) is 1. The standard InChI is InChI=1S/C23H21BrF3N3O3/c1-22(2,3)15-7-4-5-9-18(15)32-20-17(8-6-12-28-20)30-21(31)29-14-10-11-19(16(24)13-14)33-23(25,26)27/h4-13H,1-3H3,(H2,29,30,31). The van der Waals surface area contributed by atoms with Crippen molar-refractivity contribution in [2.24, 2.45) is 0 Å². The van der Waals surface area contributed by atoms with E-state index in [1.54, 1.807) is 12.1 Å². The van der Waals surface area contributed by atoms with Gasteiger partial charge in [0.15, 0.2) is 0 Å². The third-order valence-electron chi connectivity index (χ3n) is 4.34. The second-order valence-electron chi connectivity index (χ2n) is 7.98. The quantitative estimate of drug-likeness (QED) is 0.363. The van der Waals surface area contributed by atoms with E-state index >= 15 is 0 Å². The van der Waals surface area contributed by atoms with Crippen molar-refractivity contribution in [3.63, 3.8) is 0 Å². The molecule has 0 fully saturated rings. The summed E-state index contributed by atoms with van der Waals surface area (Å²) in [4.78, 5) is 16.7. The number of para-hydroxylation sites is 1. The third kappa shape index (κ3) is 6.85. The maximum Gasteiger partial charge on any atom is 0.573 e. The van der Waals surface area contributed by atoms with Crippen molar-refractivity contribution < 1.29 is 27.4 Å². The monoisotopic (exact) mass is 523 g/mol.